The molecule has 1 aliphatic heterocycles. The van der Waals surface area contributed by atoms with E-state index in [4.69, 9.17) is 19.8 Å². The second kappa shape index (κ2) is 13.9. The van der Waals surface area contributed by atoms with Gasteiger partial charge in [0.25, 0.3) is 0 Å². The van der Waals surface area contributed by atoms with Crippen LogP contribution >= 0.6 is 0 Å². The first kappa shape index (κ1) is 32.3. The maximum atomic E-state index is 10.6. The van der Waals surface area contributed by atoms with Crippen LogP contribution in [0.25, 0.3) is 11.3 Å². The number of aromatic amines is 1. The molecule has 0 unspecified atom stereocenters. The Hall–Kier alpha value is -3.95. The number of benzene rings is 1. The highest BCUT2D eigenvalue weighted by Gasteiger charge is 2.38. The van der Waals surface area contributed by atoms with E-state index in [-0.39, 0.29) is 0 Å². The van der Waals surface area contributed by atoms with Gasteiger partial charge in [-0.3, -0.25) is 9.58 Å². The normalized spacial score (nSPS) is 14.5. The zero-order valence-corrected chi connectivity index (χ0v) is 21.5. The van der Waals surface area contributed by atoms with E-state index in [1.807, 2.05) is 17.8 Å². The SMILES string of the molecule is Cc1ccc(-c2cn(CC3CCN(Cc4cnc(C)[nH]4)CC3)nn2)cc1.O=C(O)C(F)(F)F.O=C(O)C(F)(F)F. The monoisotopic (exact) mass is 578 g/mol. The van der Waals surface area contributed by atoms with Gasteiger partial charge in [0, 0.05) is 30.5 Å². The van der Waals surface area contributed by atoms with Crippen LogP contribution in [0.2, 0.25) is 0 Å². The van der Waals surface area contributed by atoms with Gasteiger partial charge in [-0.15, -0.1) is 5.10 Å². The van der Waals surface area contributed by atoms with Crippen molar-refractivity contribution in [2.45, 2.75) is 52.1 Å². The van der Waals surface area contributed by atoms with Gasteiger partial charge < -0.3 is 15.2 Å². The fourth-order valence-electron chi connectivity index (χ4n) is 3.63. The predicted octanol–water partition coefficient (Wildman–Crippen LogP) is 4.46. The number of aryl methyl sites for hydroxylation is 2. The minimum absolute atomic E-state index is 0.669. The molecular formula is C24H28F6N6O4. The number of halogens is 6. The highest BCUT2D eigenvalue weighted by atomic mass is 19.4. The van der Waals surface area contributed by atoms with Crippen molar-refractivity contribution in [2.24, 2.45) is 5.92 Å². The number of hydrogen-bond acceptors (Lipinski definition) is 6. The number of likely N-dealkylation sites (tertiary alicyclic amines) is 1. The summed E-state index contributed by atoms with van der Waals surface area (Å²) in [6.07, 6.45) is -3.74. The standard InChI is InChI=1S/C20H26N6.2C2HF3O2/c1-15-3-5-18(6-4-15)20-14-26(24-23-20)12-17-7-9-25(10-8-17)13-19-11-21-16(2)22-19;2*3-2(4,5)1(6)7/h3-6,11,14,17H,7-10,12-13H2,1-2H3,(H,21,22);2*(H,6,7). The highest BCUT2D eigenvalue weighted by Crippen LogP contribution is 2.22. The zero-order chi connectivity index (χ0) is 30.1. The Kier molecular flexibility index (Phi) is 11.2. The van der Waals surface area contributed by atoms with Crippen LogP contribution in [0.5, 0.6) is 0 Å². The first-order valence-electron chi connectivity index (χ1n) is 11.8. The molecule has 10 nitrogen and oxygen atoms in total. The van der Waals surface area contributed by atoms with Crippen molar-refractivity contribution in [2.75, 3.05) is 13.1 Å². The van der Waals surface area contributed by atoms with Crippen molar-refractivity contribution in [1.82, 2.24) is 29.9 Å². The zero-order valence-electron chi connectivity index (χ0n) is 21.5. The molecule has 0 aliphatic carbocycles. The van der Waals surface area contributed by atoms with Gasteiger partial charge in [-0.05, 0) is 45.7 Å². The van der Waals surface area contributed by atoms with Gasteiger partial charge in [-0.2, -0.15) is 26.3 Å². The van der Waals surface area contributed by atoms with Crippen molar-refractivity contribution in [3.05, 3.63) is 53.7 Å². The number of carboxylic acids is 2. The summed E-state index contributed by atoms with van der Waals surface area (Å²) in [5.41, 5.74) is 4.56. The molecule has 2 aromatic heterocycles. The first-order chi connectivity index (χ1) is 18.5. The third-order valence-corrected chi connectivity index (χ3v) is 5.67. The summed E-state index contributed by atoms with van der Waals surface area (Å²) in [5, 5.41) is 22.9. The number of rotatable bonds is 5. The van der Waals surface area contributed by atoms with Crippen molar-refractivity contribution >= 4 is 11.9 Å². The number of carbonyl (C=O) groups is 2. The molecule has 1 fully saturated rings. The van der Waals surface area contributed by atoms with Crippen LogP contribution in [0.4, 0.5) is 26.3 Å². The second-order valence-corrected chi connectivity index (χ2v) is 9.01. The van der Waals surface area contributed by atoms with Crippen molar-refractivity contribution < 1.29 is 46.1 Å². The average molecular weight is 579 g/mol. The van der Waals surface area contributed by atoms with Gasteiger partial charge in [-0.1, -0.05) is 35.0 Å². The number of hydrogen-bond donors (Lipinski definition) is 3. The molecule has 0 bridgehead atoms. The van der Waals surface area contributed by atoms with Gasteiger partial charge in [0.1, 0.15) is 11.5 Å². The molecule has 16 heteroatoms. The first-order valence-corrected chi connectivity index (χ1v) is 11.8. The number of aliphatic carboxylic acids is 2. The summed E-state index contributed by atoms with van der Waals surface area (Å²) in [6, 6.07) is 8.45. The number of imidazole rings is 1. The lowest BCUT2D eigenvalue weighted by atomic mass is 9.97. The third-order valence-electron chi connectivity index (χ3n) is 5.67. The molecule has 0 radical (unpaired) electrons. The van der Waals surface area contributed by atoms with Crippen LogP contribution < -0.4 is 0 Å². The van der Waals surface area contributed by atoms with E-state index >= 15 is 0 Å². The van der Waals surface area contributed by atoms with E-state index in [1.165, 1.54) is 24.1 Å². The van der Waals surface area contributed by atoms with E-state index in [2.05, 4.69) is 62.6 Å². The quantitative estimate of drug-likeness (QED) is 0.378. The van der Waals surface area contributed by atoms with Gasteiger partial charge >= 0.3 is 24.3 Å². The summed E-state index contributed by atoms with van der Waals surface area (Å²) in [7, 11) is 0. The van der Waals surface area contributed by atoms with Crippen LogP contribution in [0.3, 0.4) is 0 Å². The Bertz CT molecular complexity index is 1210. The molecule has 0 amide bonds. The molecule has 1 aliphatic rings. The Morgan fingerprint density at radius 1 is 0.975 bits per heavy atom. The topological polar surface area (TPSA) is 137 Å². The number of nitrogens with one attached hydrogen (secondary N) is 1. The summed E-state index contributed by atoms with van der Waals surface area (Å²) in [4.78, 5) is 27.9. The van der Waals surface area contributed by atoms with Crippen molar-refractivity contribution in [3.8, 4) is 11.3 Å². The molecular weight excluding hydrogens is 550 g/mol. The van der Waals surface area contributed by atoms with E-state index in [0.717, 1.165) is 43.3 Å². The third kappa shape index (κ3) is 11.0. The summed E-state index contributed by atoms with van der Waals surface area (Å²) in [6.45, 7) is 8.27. The van der Waals surface area contributed by atoms with Crippen LogP contribution in [0.15, 0.2) is 36.7 Å². The number of nitrogens with zero attached hydrogens (tertiary/aromatic N) is 5. The molecule has 3 N–H and O–H groups in total. The van der Waals surface area contributed by atoms with Crippen molar-refractivity contribution in [3.63, 3.8) is 0 Å². The molecule has 40 heavy (non-hydrogen) atoms. The smallest absolute Gasteiger partial charge is 0.475 e. The fraction of sp³-hybridized carbons (Fsp3) is 0.458. The second-order valence-electron chi connectivity index (χ2n) is 9.01. The maximum Gasteiger partial charge on any atom is 0.490 e. The van der Waals surface area contributed by atoms with E-state index in [1.54, 1.807) is 0 Å². The number of H-pyrrole nitrogens is 1. The summed E-state index contributed by atoms with van der Waals surface area (Å²) >= 11 is 0. The molecule has 4 rings (SSSR count). The summed E-state index contributed by atoms with van der Waals surface area (Å²) < 4.78 is 65.5. The Morgan fingerprint density at radius 2 is 1.50 bits per heavy atom. The molecule has 3 aromatic rings. The van der Waals surface area contributed by atoms with Crippen LogP contribution in [0.1, 0.15) is 29.9 Å². The Labute approximate surface area is 224 Å². The lowest BCUT2D eigenvalue weighted by Crippen LogP contribution is -2.34. The van der Waals surface area contributed by atoms with Gasteiger partial charge in [0.2, 0.25) is 0 Å². The average Bonchev–Trinajstić information content (AvgIpc) is 3.49. The van der Waals surface area contributed by atoms with Crippen LogP contribution in [-0.2, 0) is 22.7 Å². The molecule has 3 heterocycles. The molecule has 0 spiro atoms. The maximum absolute atomic E-state index is 10.6. The predicted molar refractivity (Wildman–Crippen MR) is 129 cm³/mol. The van der Waals surface area contributed by atoms with E-state index in [0.29, 0.717) is 5.92 Å². The van der Waals surface area contributed by atoms with Gasteiger partial charge in [0.15, 0.2) is 0 Å². The fourth-order valence-corrected chi connectivity index (χ4v) is 3.63. The molecule has 0 saturated carbocycles. The number of piperidine rings is 1. The number of aromatic nitrogens is 5. The number of carboxylic acid groups (broad SMARTS) is 2. The molecule has 0 atom stereocenters. The molecule has 220 valence electrons. The van der Waals surface area contributed by atoms with Crippen LogP contribution in [-0.4, -0.2) is 77.5 Å². The minimum atomic E-state index is -5.08. The van der Waals surface area contributed by atoms with E-state index in [9.17, 15) is 26.3 Å². The highest BCUT2D eigenvalue weighted by molar-refractivity contribution is 5.73. The minimum Gasteiger partial charge on any atom is -0.475 e. The Balaban J connectivity index is 0.000000333. The van der Waals surface area contributed by atoms with Crippen molar-refractivity contribution in [1.29, 1.82) is 0 Å². The molecule has 1 saturated heterocycles. The van der Waals surface area contributed by atoms with Crippen LogP contribution in [0, 0.1) is 19.8 Å². The number of alkyl halides is 6. The largest absolute Gasteiger partial charge is 0.490 e. The molecule has 1 aromatic carbocycles. The Morgan fingerprint density at radius 3 is 1.95 bits per heavy atom. The van der Waals surface area contributed by atoms with E-state index < -0.39 is 24.3 Å². The lowest BCUT2D eigenvalue weighted by Gasteiger charge is -2.31. The lowest BCUT2D eigenvalue weighted by molar-refractivity contribution is -0.193. The van der Waals surface area contributed by atoms with Gasteiger partial charge in [-0.25, -0.2) is 14.6 Å². The van der Waals surface area contributed by atoms with Gasteiger partial charge in [0.05, 0.1) is 6.20 Å². The summed E-state index contributed by atoms with van der Waals surface area (Å²) in [5.74, 6) is -3.85.